The molecular weight excluding hydrogens is 190 g/mol. The molecule has 2 rings (SSSR count). The Bertz CT molecular complexity index is 350. The minimum atomic E-state index is -0.111. The molecule has 0 spiro atoms. The summed E-state index contributed by atoms with van der Waals surface area (Å²) in [6, 6.07) is 4.02. The minimum absolute atomic E-state index is 0.111. The van der Waals surface area contributed by atoms with Gasteiger partial charge in [-0.15, -0.1) is 0 Å². The first-order valence-electron chi connectivity index (χ1n) is 5.14. The predicted octanol–water partition coefficient (Wildman–Crippen LogP) is 1.87. The van der Waals surface area contributed by atoms with Gasteiger partial charge in [0.1, 0.15) is 17.1 Å². The third kappa shape index (κ3) is 1.79. The maximum atomic E-state index is 5.83. The molecule has 0 amide bonds. The van der Waals surface area contributed by atoms with Crippen molar-refractivity contribution in [3.8, 4) is 11.5 Å². The number of benzene rings is 1. The highest BCUT2D eigenvalue weighted by molar-refractivity contribution is 5.49. The van der Waals surface area contributed by atoms with Gasteiger partial charge < -0.3 is 15.2 Å². The first-order valence-corrected chi connectivity index (χ1v) is 5.14. The minimum Gasteiger partial charge on any atom is -0.496 e. The van der Waals surface area contributed by atoms with Gasteiger partial charge in [0, 0.05) is 24.1 Å². The van der Waals surface area contributed by atoms with E-state index in [9.17, 15) is 0 Å². The molecule has 0 fully saturated rings. The molecule has 2 N–H and O–H groups in total. The second-order valence-electron chi connectivity index (χ2n) is 4.51. The zero-order valence-corrected chi connectivity index (χ0v) is 9.46. The lowest BCUT2D eigenvalue weighted by atomic mass is 10.0. The predicted molar refractivity (Wildman–Crippen MR) is 59.3 cm³/mol. The summed E-state index contributed by atoms with van der Waals surface area (Å²) in [4.78, 5) is 0. The van der Waals surface area contributed by atoms with Gasteiger partial charge in [0.25, 0.3) is 0 Å². The smallest absolute Gasteiger partial charge is 0.124 e. The summed E-state index contributed by atoms with van der Waals surface area (Å²) in [5, 5.41) is 0. The molecule has 0 radical (unpaired) electrons. The van der Waals surface area contributed by atoms with Crippen LogP contribution in [0.25, 0.3) is 0 Å². The number of nitrogens with two attached hydrogens (primary N) is 1. The molecule has 3 nitrogen and oxygen atoms in total. The Morgan fingerprint density at radius 3 is 2.80 bits per heavy atom. The Hall–Kier alpha value is -1.22. The average Bonchev–Trinajstić information content (AvgIpc) is 2.48. The number of hydrogen-bond acceptors (Lipinski definition) is 3. The summed E-state index contributed by atoms with van der Waals surface area (Å²) < 4.78 is 11.1. The standard InChI is InChI=1S/C12H17NO2/c1-12(2)6-8-4-10(14-3)9(7-13)5-11(8)15-12/h4-5H,6-7,13H2,1-3H3. The highest BCUT2D eigenvalue weighted by atomic mass is 16.5. The van der Waals surface area contributed by atoms with E-state index < -0.39 is 0 Å². The number of ether oxygens (including phenoxy) is 2. The summed E-state index contributed by atoms with van der Waals surface area (Å²) in [6.07, 6.45) is 0.920. The maximum Gasteiger partial charge on any atom is 0.124 e. The Morgan fingerprint density at radius 2 is 2.20 bits per heavy atom. The van der Waals surface area contributed by atoms with Crippen LogP contribution in [0, 0.1) is 0 Å². The van der Waals surface area contributed by atoms with Crippen LogP contribution in [0.4, 0.5) is 0 Å². The van der Waals surface area contributed by atoms with Crippen LogP contribution in [-0.2, 0) is 13.0 Å². The fraction of sp³-hybridized carbons (Fsp3) is 0.500. The van der Waals surface area contributed by atoms with E-state index in [1.807, 2.05) is 12.1 Å². The third-order valence-corrected chi connectivity index (χ3v) is 2.69. The molecule has 0 unspecified atom stereocenters. The van der Waals surface area contributed by atoms with Gasteiger partial charge in [0.15, 0.2) is 0 Å². The molecule has 1 heterocycles. The van der Waals surface area contributed by atoms with Crippen LogP contribution in [0.15, 0.2) is 12.1 Å². The largest absolute Gasteiger partial charge is 0.496 e. The van der Waals surface area contributed by atoms with Gasteiger partial charge in [-0.1, -0.05) is 0 Å². The molecule has 1 aliphatic rings. The van der Waals surface area contributed by atoms with Crippen molar-refractivity contribution in [1.29, 1.82) is 0 Å². The van der Waals surface area contributed by atoms with Crippen molar-refractivity contribution in [2.24, 2.45) is 5.73 Å². The lowest BCUT2D eigenvalue weighted by Gasteiger charge is -2.16. The molecule has 0 atom stereocenters. The van der Waals surface area contributed by atoms with Crippen LogP contribution in [0.5, 0.6) is 11.5 Å². The monoisotopic (exact) mass is 207 g/mol. The molecule has 0 saturated heterocycles. The molecule has 1 aromatic carbocycles. The lowest BCUT2D eigenvalue weighted by Crippen LogP contribution is -2.24. The molecule has 0 saturated carbocycles. The van der Waals surface area contributed by atoms with E-state index in [0.717, 1.165) is 23.5 Å². The van der Waals surface area contributed by atoms with Crippen molar-refractivity contribution in [2.75, 3.05) is 7.11 Å². The van der Waals surface area contributed by atoms with Crippen molar-refractivity contribution < 1.29 is 9.47 Å². The molecular formula is C12H17NO2. The van der Waals surface area contributed by atoms with Crippen molar-refractivity contribution in [3.63, 3.8) is 0 Å². The van der Waals surface area contributed by atoms with Gasteiger partial charge >= 0.3 is 0 Å². The molecule has 1 aliphatic heterocycles. The van der Waals surface area contributed by atoms with Crippen LogP contribution in [0.2, 0.25) is 0 Å². The van der Waals surface area contributed by atoms with Crippen molar-refractivity contribution in [1.82, 2.24) is 0 Å². The lowest BCUT2D eigenvalue weighted by molar-refractivity contribution is 0.138. The molecule has 0 aromatic heterocycles. The van der Waals surface area contributed by atoms with E-state index in [4.69, 9.17) is 15.2 Å². The summed E-state index contributed by atoms with van der Waals surface area (Å²) >= 11 is 0. The highest BCUT2D eigenvalue weighted by Crippen LogP contribution is 2.38. The summed E-state index contributed by atoms with van der Waals surface area (Å²) in [5.41, 5.74) is 7.74. The number of methoxy groups -OCH3 is 1. The van der Waals surface area contributed by atoms with Gasteiger partial charge in [-0.05, 0) is 26.0 Å². The quantitative estimate of drug-likeness (QED) is 0.805. The molecule has 15 heavy (non-hydrogen) atoms. The SMILES string of the molecule is COc1cc2c(cc1CN)OC(C)(C)C2. The average molecular weight is 207 g/mol. The van der Waals surface area contributed by atoms with Crippen molar-refractivity contribution in [2.45, 2.75) is 32.4 Å². The van der Waals surface area contributed by atoms with E-state index in [-0.39, 0.29) is 5.60 Å². The zero-order valence-electron chi connectivity index (χ0n) is 9.46. The normalized spacial score (nSPS) is 17.1. The molecule has 0 bridgehead atoms. The Kier molecular flexibility index (Phi) is 2.35. The zero-order chi connectivity index (χ0) is 11.1. The Morgan fingerprint density at radius 1 is 1.47 bits per heavy atom. The maximum absolute atomic E-state index is 5.83. The number of rotatable bonds is 2. The van der Waals surface area contributed by atoms with Crippen LogP contribution in [0.1, 0.15) is 25.0 Å². The Labute approximate surface area is 90.2 Å². The van der Waals surface area contributed by atoms with Gasteiger partial charge in [-0.3, -0.25) is 0 Å². The van der Waals surface area contributed by atoms with E-state index in [2.05, 4.69) is 13.8 Å². The van der Waals surface area contributed by atoms with Gasteiger partial charge in [-0.25, -0.2) is 0 Å². The number of hydrogen-bond donors (Lipinski definition) is 1. The van der Waals surface area contributed by atoms with Crippen LogP contribution >= 0.6 is 0 Å². The third-order valence-electron chi connectivity index (χ3n) is 2.69. The fourth-order valence-corrected chi connectivity index (χ4v) is 2.02. The summed E-state index contributed by atoms with van der Waals surface area (Å²) in [5.74, 6) is 1.80. The van der Waals surface area contributed by atoms with E-state index in [1.54, 1.807) is 7.11 Å². The van der Waals surface area contributed by atoms with Crippen molar-refractivity contribution in [3.05, 3.63) is 23.3 Å². The van der Waals surface area contributed by atoms with E-state index >= 15 is 0 Å². The number of fused-ring (bicyclic) bond motifs is 1. The van der Waals surface area contributed by atoms with E-state index in [1.165, 1.54) is 5.56 Å². The summed E-state index contributed by atoms with van der Waals surface area (Å²) in [7, 11) is 1.67. The van der Waals surface area contributed by atoms with Crippen LogP contribution in [-0.4, -0.2) is 12.7 Å². The summed E-state index contributed by atoms with van der Waals surface area (Å²) in [6.45, 7) is 4.64. The second kappa shape index (κ2) is 3.42. The van der Waals surface area contributed by atoms with Gasteiger partial charge in [0.05, 0.1) is 7.11 Å². The highest BCUT2D eigenvalue weighted by Gasteiger charge is 2.30. The molecule has 3 heteroatoms. The van der Waals surface area contributed by atoms with Crippen molar-refractivity contribution >= 4 is 0 Å². The first kappa shape index (κ1) is 10.3. The van der Waals surface area contributed by atoms with Crippen LogP contribution < -0.4 is 15.2 Å². The second-order valence-corrected chi connectivity index (χ2v) is 4.51. The fourth-order valence-electron chi connectivity index (χ4n) is 2.02. The van der Waals surface area contributed by atoms with Gasteiger partial charge in [-0.2, -0.15) is 0 Å². The van der Waals surface area contributed by atoms with Crippen LogP contribution in [0.3, 0.4) is 0 Å². The molecule has 1 aromatic rings. The molecule has 82 valence electrons. The van der Waals surface area contributed by atoms with Gasteiger partial charge in [0.2, 0.25) is 0 Å². The molecule has 0 aliphatic carbocycles. The first-order chi connectivity index (χ1) is 7.05. The van der Waals surface area contributed by atoms with E-state index in [0.29, 0.717) is 6.54 Å². The Balaban J connectivity index is 2.44. The topological polar surface area (TPSA) is 44.5 Å².